The van der Waals surface area contributed by atoms with E-state index in [9.17, 15) is 4.79 Å². The molecule has 2 fully saturated rings. The highest BCUT2D eigenvalue weighted by molar-refractivity contribution is 6.35. The summed E-state index contributed by atoms with van der Waals surface area (Å²) in [5.41, 5.74) is 3.54. The molecular formula is C25H31Cl2N3O. The van der Waals surface area contributed by atoms with Crippen LogP contribution in [0.5, 0.6) is 0 Å². The van der Waals surface area contributed by atoms with Gasteiger partial charge in [-0.05, 0) is 75.1 Å². The lowest BCUT2D eigenvalue weighted by atomic mass is 9.95. The third-order valence-electron chi connectivity index (χ3n) is 6.57. The highest BCUT2D eigenvalue weighted by Crippen LogP contribution is 2.28. The Morgan fingerprint density at radius 1 is 0.839 bits per heavy atom. The van der Waals surface area contributed by atoms with Gasteiger partial charge in [0.15, 0.2) is 0 Å². The average molecular weight is 460 g/mol. The molecule has 2 aliphatic heterocycles. The largest absolute Gasteiger partial charge is 0.352 e. The van der Waals surface area contributed by atoms with Crippen molar-refractivity contribution in [3.8, 4) is 0 Å². The minimum Gasteiger partial charge on any atom is -0.352 e. The van der Waals surface area contributed by atoms with Crippen LogP contribution in [0, 0.1) is 5.92 Å². The molecule has 31 heavy (non-hydrogen) atoms. The molecule has 0 radical (unpaired) electrons. The van der Waals surface area contributed by atoms with Gasteiger partial charge in [-0.3, -0.25) is 14.6 Å². The van der Waals surface area contributed by atoms with Gasteiger partial charge in [0.05, 0.1) is 0 Å². The molecule has 0 aliphatic carbocycles. The molecule has 0 unspecified atom stereocenters. The number of carbonyl (C=O) groups excluding carboxylic acids is 1. The molecule has 0 atom stereocenters. The van der Waals surface area contributed by atoms with Crippen molar-refractivity contribution in [3.63, 3.8) is 0 Å². The highest BCUT2D eigenvalue weighted by atomic mass is 35.5. The Morgan fingerprint density at radius 3 is 2.13 bits per heavy atom. The summed E-state index contributed by atoms with van der Waals surface area (Å²) in [5, 5.41) is 4.62. The van der Waals surface area contributed by atoms with Crippen LogP contribution in [0.2, 0.25) is 10.0 Å². The summed E-state index contributed by atoms with van der Waals surface area (Å²) in [7, 11) is 0. The Kier molecular flexibility index (Phi) is 7.89. The first-order chi connectivity index (χ1) is 15.1. The molecular weight excluding hydrogens is 429 g/mol. The maximum Gasteiger partial charge on any atom is 0.223 e. The third-order valence-corrected chi connectivity index (χ3v) is 7.27. The molecule has 2 aromatic carbocycles. The highest BCUT2D eigenvalue weighted by Gasteiger charge is 2.25. The molecule has 0 aromatic heterocycles. The van der Waals surface area contributed by atoms with Gasteiger partial charge in [-0.25, -0.2) is 0 Å². The molecule has 166 valence electrons. The summed E-state index contributed by atoms with van der Waals surface area (Å²) in [6.07, 6.45) is 4.31. The zero-order valence-corrected chi connectivity index (χ0v) is 19.5. The second-order valence-electron chi connectivity index (χ2n) is 8.72. The molecule has 4 rings (SSSR count). The molecule has 2 aliphatic rings. The lowest BCUT2D eigenvalue weighted by Gasteiger charge is -2.31. The number of halogens is 2. The Bertz CT molecular complexity index is 870. The summed E-state index contributed by atoms with van der Waals surface area (Å²) >= 11 is 12.6. The van der Waals surface area contributed by atoms with Crippen LogP contribution in [0.3, 0.4) is 0 Å². The predicted octanol–water partition coefficient (Wildman–Crippen LogP) is 5.12. The van der Waals surface area contributed by atoms with Crippen LogP contribution < -0.4 is 5.32 Å². The normalized spacial score (nSPS) is 18.4. The lowest BCUT2D eigenvalue weighted by Crippen LogP contribution is -2.40. The quantitative estimate of drug-likeness (QED) is 0.623. The predicted molar refractivity (Wildman–Crippen MR) is 127 cm³/mol. The summed E-state index contributed by atoms with van der Waals surface area (Å²) < 4.78 is 0. The summed E-state index contributed by atoms with van der Waals surface area (Å²) in [6.45, 7) is 6.44. The number of likely N-dealkylation sites (tertiary alicyclic amines) is 2. The van der Waals surface area contributed by atoms with Gasteiger partial charge < -0.3 is 5.32 Å². The Hall–Kier alpha value is -1.59. The number of piperidine rings is 1. The minimum atomic E-state index is 0.0729. The Labute approximate surface area is 195 Å². The van der Waals surface area contributed by atoms with E-state index in [2.05, 4.69) is 39.4 Å². The van der Waals surface area contributed by atoms with Gasteiger partial charge in [0, 0.05) is 41.2 Å². The van der Waals surface area contributed by atoms with Crippen LogP contribution in [0.15, 0.2) is 42.5 Å². The first kappa shape index (κ1) is 22.6. The molecule has 2 aromatic rings. The van der Waals surface area contributed by atoms with Gasteiger partial charge >= 0.3 is 0 Å². The van der Waals surface area contributed by atoms with Crippen molar-refractivity contribution in [1.82, 2.24) is 15.1 Å². The molecule has 1 amide bonds. The standard InChI is InChI=1S/C25H31Cl2N3O/c26-23-8-5-9-24(27)22(23)18-30-14-10-19(11-15-30)25(31)28-16-20-6-1-2-7-21(20)17-29-12-3-4-13-29/h1-2,5-9,19H,3-4,10-18H2,(H,28,31). The number of amides is 1. The molecule has 0 saturated carbocycles. The number of benzene rings is 2. The molecule has 6 heteroatoms. The van der Waals surface area contributed by atoms with E-state index in [0.717, 1.165) is 44.6 Å². The van der Waals surface area contributed by atoms with Crippen molar-refractivity contribution in [2.24, 2.45) is 5.92 Å². The Balaban J connectivity index is 1.26. The number of nitrogens with zero attached hydrogens (tertiary/aromatic N) is 2. The van der Waals surface area contributed by atoms with E-state index in [1.807, 2.05) is 18.2 Å². The summed E-state index contributed by atoms with van der Waals surface area (Å²) in [5.74, 6) is 0.245. The Morgan fingerprint density at radius 2 is 1.45 bits per heavy atom. The summed E-state index contributed by atoms with van der Waals surface area (Å²) in [4.78, 5) is 17.7. The number of rotatable bonds is 7. The van der Waals surface area contributed by atoms with E-state index >= 15 is 0 Å². The van der Waals surface area contributed by atoms with Gasteiger partial charge in [0.25, 0.3) is 0 Å². The zero-order chi connectivity index (χ0) is 21.6. The van der Waals surface area contributed by atoms with Crippen LogP contribution in [-0.4, -0.2) is 41.9 Å². The van der Waals surface area contributed by atoms with Crippen molar-refractivity contribution in [2.75, 3.05) is 26.2 Å². The van der Waals surface area contributed by atoms with E-state index in [0.29, 0.717) is 16.6 Å². The van der Waals surface area contributed by atoms with E-state index < -0.39 is 0 Å². The van der Waals surface area contributed by atoms with E-state index in [4.69, 9.17) is 23.2 Å². The molecule has 2 heterocycles. The van der Waals surface area contributed by atoms with E-state index in [-0.39, 0.29) is 11.8 Å². The van der Waals surface area contributed by atoms with Crippen molar-refractivity contribution in [3.05, 3.63) is 69.2 Å². The lowest BCUT2D eigenvalue weighted by molar-refractivity contribution is -0.126. The van der Waals surface area contributed by atoms with Gasteiger partial charge in [0.1, 0.15) is 0 Å². The van der Waals surface area contributed by atoms with Crippen molar-refractivity contribution < 1.29 is 4.79 Å². The number of hydrogen-bond acceptors (Lipinski definition) is 3. The summed E-state index contributed by atoms with van der Waals surface area (Å²) in [6, 6.07) is 14.1. The smallest absolute Gasteiger partial charge is 0.223 e. The topological polar surface area (TPSA) is 35.6 Å². The van der Waals surface area contributed by atoms with E-state index in [1.54, 1.807) is 0 Å². The van der Waals surface area contributed by atoms with Crippen LogP contribution in [0.25, 0.3) is 0 Å². The number of carbonyl (C=O) groups is 1. The van der Waals surface area contributed by atoms with Gasteiger partial charge in [-0.1, -0.05) is 53.5 Å². The van der Waals surface area contributed by atoms with Gasteiger partial charge in [0.2, 0.25) is 5.91 Å². The van der Waals surface area contributed by atoms with Crippen LogP contribution >= 0.6 is 23.2 Å². The number of nitrogens with one attached hydrogen (secondary N) is 1. The first-order valence-electron chi connectivity index (χ1n) is 11.3. The van der Waals surface area contributed by atoms with Crippen molar-refractivity contribution >= 4 is 29.1 Å². The second kappa shape index (κ2) is 10.8. The van der Waals surface area contributed by atoms with Crippen LogP contribution in [0.1, 0.15) is 42.4 Å². The van der Waals surface area contributed by atoms with E-state index in [1.165, 1.54) is 37.1 Å². The fourth-order valence-corrected chi connectivity index (χ4v) is 5.17. The number of hydrogen-bond donors (Lipinski definition) is 1. The second-order valence-corrected chi connectivity index (χ2v) is 9.53. The minimum absolute atomic E-state index is 0.0729. The molecule has 4 nitrogen and oxygen atoms in total. The fourth-order valence-electron chi connectivity index (χ4n) is 4.65. The molecule has 1 N–H and O–H groups in total. The molecule has 0 spiro atoms. The maximum absolute atomic E-state index is 12.8. The van der Waals surface area contributed by atoms with Crippen molar-refractivity contribution in [1.29, 1.82) is 0 Å². The maximum atomic E-state index is 12.8. The van der Waals surface area contributed by atoms with Crippen molar-refractivity contribution in [2.45, 2.75) is 45.3 Å². The zero-order valence-electron chi connectivity index (χ0n) is 18.0. The SMILES string of the molecule is O=C(NCc1ccccc1CN1CCCC1)C1CCN(Cc2c(Cl)cccc2Cl)CC1. The molecule has 0 bridgehead atoms. The van der Waals surface area contributed by atoms with Gasteiger partial charge in [-0.15, -0.1) is 0 Å². The average Bonchev–Trinajstić information content (AvgIpc) is 3.29. The van der Waals surface area contributed by atoms with Crippen LogP contribution in [-0.2, 0) is 24.4 Å². The van der Waals surface area contributed by atoms with Gasteiger partial charge in [-0.2, -0.15) is 0 Å². The third kappa shape index (κ3) is 6.01. The first-order valence-corrected chi connectivity index (χ1v) is 12.1. The fraction of sp³-hybridized carbons (Fsp3) is 0.480. The monoisotopic (exact) mass is 459 g/mol. The van der Waals surface area contributed by atoms with Crippen LogP contribution in [0.4, 0.5) is 0 Å². The molecule has 2 saturated heterocycles.